The van der Waals surface area contributed by atoms with Gasteiger partial charge in [-0.25, -0.2) is 8.78 Å². The minimum atomic E-state index is -0.647. The molecule has 3 nitrogen and oxygen atoms in total. The molecule has 6 heteroatoms. The van der Waals surface area contributed by atoms with E-state index in [0.717, 1.165) is 30.9 Å². The van der Waals surface area contributed by atoms with Gasteiger partial charge in [0.1, 0.15) is 5.82 Å². The second kappa shape index (κ2) is 7.43. The van der Waals surface area contributed by atoms with Gasteiger partial charge in [-0.2, -0.15) is 0 Å². The Morgan fingerprint density at radius 1 is 0.968 bits per heavy atom. The monoisotopic (exact) mass is 448 g/mol. The summed E-state index contributed by atoms with van der Waals surface area (Å²) in [4.78, 5) is 0. The molecule has 2 atom stereocenters. The van der Waals surface area contributed by atoms with Crippen molar-refractivity contribution in [3.05, 3.63) is 64.2 Å². The fraction of sp³-hybridized carbons (Fsp3) is 0.520. The third kappa shape index (κ3) is 3.46. The van der Waals surface area contributed by atoms with E-state index in [2.05, 4.69) is 0 Å². The Hall–Kier alpha value is -1.69. The zero-order valence-corrected chi connectivity index (χ0v) is 18.6. The molecule has 0 radical (unpaired) electrons. The third-order valence-electron chi connectivity index (χ3n) is 7.50. The number of hydrogen-bond acceptors (Lipinski definition) is 3. The van der Waals surface area contributed by atoms with Crippen molar-refractivity contribution in [2.75, 3.05) is 19.8 Å². The van der Waals surface area contributed by atoms with Crippen molar-refractivity contribution >= 4 is 11.6 Å². The summed E-state index contributed by atoms with van der Waals surface area (Å²) in [6.07, 6.45) is 3.12. The molecule has 5 rings (SSSR count). The van der Waals surface area contributed by atoms with Crippen molar-refractivity contribution in [2.24, 2.45) is 11.3 Å². The molecule has 0 aromatic heterocycles. The van der Waals surface area contributed by atoms with Crippen LogP contribution in [0.25, 0.3) is 0 Å². The topological polar surface area (TPSA) is 27.7 Å². The van der Waals surface area contributed by atoms with Crippen LogP contribution < -0.4 is 4.74 Å². The van der Waals surface area contributed by atoms with Crippen LogP contribution in [0.3, 0.4) is 0 Å². The first kappa shape index (κ1) is 21.2. The van der Waals surface area contributed by atoms with Crippen molar-refractivity contribution in [1.29, 1.82) is 0 Å². The Balaban J connectivity index is 1.65. The highest BCUT2D eigenvalue weighted by Crippen LogP contribution is 2.60. The molecule has 1 saturated carbocycles. The van der Waals surface area contributed by atoms with Crippen LogP contribution in [-0.2, 0) is 21.3 Å². The molecule has 1 aliphatic carbocycles. The first-order valence-electron chi connectivity index (χ1n) is 10.9. The minimum absolute atomic E-state index is 0.0558. The Kier molecular flexibility index (Phi) is 5.07. The molecule has 2 aromatic rings. The number of ether oxygens (including phenoxy) is 3. The van der Waals surface area contributed by atoms with E-state index >= 15 is 4.39 Å². The van der Waals surface area contributed by atoms with Gasteiger partial charge < -0.3 is 14.2 Å². The molecule has 1 spiro atoms. The lowest BCUT2D eigenvalue weighted by molar-refractivity contribution is -0.306. The van der Waals surface area contributed by atoms with Crippen LogP contribution in [0, 0.1) is 23.0 Å². The Bertz CT molecular complexity index is 981. The molecule has 166 valence electrons. The number of hydrogen-bond donors (Lipinski definition) is 0. The number of benzene rings is 2. The Morgan fingerprint density at radius 3 is 2.35 bits per heavy atom. The summed E-state index contributed by atoms with van der Waals surface area (Å²) in [5.74, 6) is -1.58. The van der Waals surface area contributed by atoms with Gasteiger partial charge in [0.15, 0.2) is 17.4 Å². The molecule has 2 fully saturated rings. The first-order valence-corrected chi connectivity index (χ1v) is 11.3. The quantitative estimate of drug-likeness (QED) is 0.558. The fourth-order valence-corrected chi connectivity index (χ4v) is 6.09. The Morgan fingerprint density at radius 2 is 1.65 bits per heavy atom. The smallest absolute Gasteiger partial charge is 0.165 e. The molecule has 0 bridgehead atoms. The molecule has 2 aromatic carbocycles. The molecule has 1 saturated heterocycles. The number of halogens is 3. The van der Waals surface area contributed by atoms with Crippen molar-refractivity contribution in [3.8, 4) is 5.75 Å². The highest BCUT2D eigenvalue weighted by molar-refractivity contribution is 6.30. The van der Waals surface area contributed by atoms with Crippen LogP contribution >= 0.6 is 11.6 Å². The van der Waals surface area contributed by atoms with Gasteiger partial charge in [-0.1, -0.05) is 30.2 Å². The first-order chi connectivity index (χ1) is 14.7. The van der Waals surface area contributed by atoms with E-state index in [1.807, 2.05) is 38.1 Å². The lowest BCUT2D eigenvalue weighted by atomic mass is 9.50. The van der Waals surface area contributed by atoms with E-state index in [4.69, 9.17) is 25.8 Å². The zero-order valence-electron chi connectivity index (χ0n) is 17.8. The molecule has 31 heavy (non-hydrogen) atoms. The van der Waals surface area contributed by atoms with Gasteiger partial charge in [0, 0.05) is 27.3 Å². The summed E-state index contributed by atoms with van der Waals surface area (Å²) < 4.78 is 48.2. The predicted octanol–water partition coefficient (Wildman–Crippen LogP) is 6.06. The van der Waals surface area contributed by atoms with Gasteiger partial charge in [0.25, 0.3) is 0 Å². The van der Waals surface area contributed by atoms with E-state index < -0.39 is 22.8 Å². The molecular formula is C25H27ClF2O3. The average Bonchev–Trinajstić information content (AvgIpc) is 2.74. The lowest BCUT2D eigenvalue weighted by Crippen LogP contribution is -2.61. The van der Waals surface area contributed by atoms with Crippen LogP contribution in [0.4, 0.5) is 8.78 Å². The van der Waals surface area contributed by atoms with Crippen LogP contribution in [0.1, 0.15) is 44.2 Å². The van der Waals surface area contributed by atoms with Gasteiger partial charge in [-0.15, -0.1) is 0 Å². The molecule has 0 unspecified atom stereocenters. The summed E-state index contributed by atoms with van der Waals surface area (Å²) >= 11 is 6.10. The van der Waals surface area contributed by atoms with Crippen LogP contribution in [0.5, 0.6) is 5.75 Å². The molecule has 3 aliphatic rings. The maximum Gasteiger partial charge on any atom is 0.165 e. The highest BCUT2D eigenvalue weighted by atomic mass is 35.5. The van der Waals surface area contributed by atoms with Crippen molar-refractivity contribution in [1.82, 2.24) is 0 Å². The SMILES string of the molecule is CC1(C)OCC2(CCC[C@@]3(Cc4ccc(Cl)cc4)c4c(F)ccc(F)c4OC[C@@H]23)CO1. The van der Waals surface area contributed by atoms with Crippen LogP contribution in [-0.4, -0.2) is 25.6 Å². The van der Waals surface area contributed by atoms with Gasteiger partial charge in [0.2, 0.25) is 0 Å². The van der Waals surface area contributed by atoms with Gasteiger partial charge >= 0.3 is 0 Å². The molecular weight excluding hydrogens is 422 g/mol. The summed E-state index contributed by atoms with van der Waals surface area (Å²) in [5.41, 5.74) is 0.486. The highest BCUT2D eigenvalue weighted by Gasteiger charge is 2.60. The van der Waals surface area contributed by atoms with Crippen LogP contribution in [0.2, 0.25) is 5.02 Å². The lowest BCUT2D eigenvalue weighted by Gasteiger charge is -2.59. The molecule has 0 amide bonds. The van der Waals surface area contributed by atoms with E-state index in [0.29, 0.717) is 36.8 Å². The minimum Gasteiger partial charge on any atom is -0.490 e. The summed E-state index contributed by atoms with van der Waals surface area (Å²) in [7, 11) is 0. The second-order valence-electron chi connectivity index (χ2n) is 9.75. The average molecular weight is 449 g/mol. The number of rotatable bonds is 2. The van der Waals surface area contributed by atoms with Crippen molar-refractivity contribution in [2.45, 2.75) is 50.7 Å². The van der Waals surface area contributed by atoms with E-state index in [9.17, 15) is 4.39 Å². The zero-order chi connectivity index (χ0) is 21.9. The third-order valence-corrected chi connectivity index (χ3v) is 7.75. The largest absolute Gasteiger partial charge is 0.490 e. The standard InChI is InChI=1S/C25H27ClF2O3/c1-23(2)30-14-24(15-31-23)10-3-11-25(12-16-4-6-17(26)7-5-16)20(24)13-29-22-19(28)9-8-18(27)21(22)25/h4-9,20H,3,10-15H2,1-2H3/t20-,25-/m0/s1. The normalized spacial score (nSPS) is 28.5. The van der Waals surface area contributed by atoms with Crippen molar-refractivity contribution in [3.63, 3.8) is 0 Å². The summed E-state index contributed by atoms with van der Waals surface area (Å²) in [6.45, 7) is 5.16. The second-order valence-corrected chi connectivity index (χ2v) is 10.2. The van der Waals surface area contributed by atoms with E-state index in [1.54, 1.807) is 0 Å². The van der Waals surface area contributed by atoms with Gasteiger partial charge in [-0.05, 0) is 62.9 Å². The van der Waals surface area contributed by atoms with Gasteiger partial charge in [-0.3, -0.25) is 0 Å². The van der Waals surface area contributed by atoms with Crippen molar-refractivity contribution < 1.29 is 23.0 Å². The van der Waals surface area contributed by atoms with E-state index in [-0.39, 0.29) is 17.1 Å². The maximum absolute atomic E-state index is 15.4. The Labute approximate surface area is 186 Å². The fourth-order valence-electron chi connectivity index (χ4n) is 5.96. The summed E-state index contributed by atoms with van der Waals surface area (Å²) in [6, 6.07) is 10.0. The summed E-state index contributed by atoms with van der Waals surface area (Å²) in [5, 5.41) is 0.652. The van der Waals surface area contributed by atoms with Gasteiger partial charge in [0.05, 0.1) is 19.8 Å². The van der Waals surface area contributed by atoms with Crippen LogP contribution in [0.15, 0.2) is 36.4 Å². The number of fused-ring (bicyclic) bond motifs is 4. The molecule has 2 aliphatic heterocycles. The predicted molar refractivity (Wildman–Crippen MR) is 114 cm³/mol. The molecule has 2 heterocycles. The maximum atomic E-state index is 15.4. The van der Waals surface area contributed by atoms with E-state index in [1.165, 1.54) is 6.07 Å². The molecule has 0 N–H and O–H groups in total.